The van der Waals surface area contributed by atoms with Crippen LogP contribution < -0.4 is 15.4 Å². The minimum absolute atomic E-state index is 0.120. The van der Waals surface area contributed by atoms with Crippen molar-refractivity contribution in [2.45, 2.75) is 50.7 Å². The lowest BCUT2D eigenvalue weighted by Gasteiger charge is -2.32. The van der Waals surface area contributed by atoms with Crippen molar-refractivity contribution in [3.05, 3.63) is 30.3 Å². The van der Waals surface area contributed by atoms with Crippen molar-refractivity contribution in [3.8, 4) is 5.75 Å². The van der Waals surface area contributed by atoms with Crippen LogP contribution in [0.2, 0.25) is 0 Å². The highest BCUT2D eigenvalue weighted by Crippen LogP contribution is 2.27. The van der Waals surface area contributed by atoms with Crippen molar-refractivity contribution in [3.63, 3.8) is 0 Å². The molecule has 2 amide bonds. The third-order valence-corrected chi connectivity index (χ3v) is 3.99. The van der Waals surface area contributed by atoms with Gasteiger partial charge in [-0.3, -0.25) is 0 Å². The number of para-hydroxylation sites is 1. The van der Waals surface area contributed by atoms with Crippen LogP contribution in [0, 0.1) is 0 Å². The second kappa shape index (κ2) is 8.03. The molecule has 0 aliphatic heterocycles. The molecule has 22 heavy (non-hydrogen) atoms. The summed E-state index contributed by atoms with van der Waals surface area (Å²) in [7, 11) is 0. The van der Waals surface area contributed by atoms with Gasteiger partial charge in [0.1, 0.15) is 11.9 Å². The Balaban J connectivity index is 1.64. The Morgan fingerprint density at radius 3 is 2.59 bits per heavy atom. The molecule has 1 aliphatic carbocycles. The molecule has 0 spiro atoms. The maximum Gasteiger partial charge on any atom is 0.315 e. The van der Waals surface area contributed by atoms with Crippen LogP contribution in [0.4, 0.5) is 4.79 Å². The molecule has 1 fully saturated rings. The number of benzene rings is 1. The van der Waals surface area contributed by atoms with E-state index >= 15 is 0 Å². The highest BCUT2D eigenvalue weighted by molar-refractivity contribution is 5.73. The smallest absolute Gasteiger partial charge is 0.315 e. The van der Waals surface area contributed by atoms with Gasteiger partial charge in [-0.15, -0.1) is 0 Å². The van der Waals surface area contributed by atoms with Gasteiger partial charge in [0.2, 0.25) is 0 Å². The van der Waals surface area contributed by atoms with Gasteiger partial charge >= 0.3 is 6.03 Å². The first kappa shape index (κ1) is 16.6. The second-order valence-corrected chi connectivity index (χ2v) is 6.09. The average molecular weight is 306 g/mol. The van der Waals surface area contributed by atoms with E-state index in [4.69, 9.17) is 4.74 Å². The molecule has 1 unspecified atom stereocenters. The van der Waals surface area contributed by atoms with Crippen molar-refractivity contribution in [1.29, 1.82) is 0 Å². The fourth-order valence-corrected chi connectivity index (χ4v) is 2.70. The van der Waals surface area contributed by atoms with Crippen molar-refractivity contribution in [1.82, 2.24) is 10.6 Å². The first-order valence-electron chi connectivity index (χ1n) is 8.03. The Morgan fingerprint density at radius 2 is 1.91 bits per heavy atom. The van der Waals surface area contributed by atoms with Crippen LogP contribution in [0.1, 0.15) is 39.0 Å². The molecule has 5 nitrogen and oxygen atoms in total. The molecule has 2 rings (SSSR count). The maximum absolute atomic E-state index is 11.8. The van der Waals surface area contributed by atoms with Crippen LogP contribution >= 0.6 is 0 Å². The van der Waals surface area contributed by atoms with Crippen molar-refractivity contribution in [2.24, 2.45) is 0 Å². The number of urea groups is 1. The lowest BCUT2D eigenvalue weighted by atomic mass is 9.85. The third kappa shape index (κ3) is 5.56. The molecule has 1 aromatic rings. The predicted octanol–water partition coefficient (Wildman–Crippen LogP) is 2.45. The van der Waals surface area contributed by atoms with E-state index in [-0.39, 0.29) is 12.1 Å². The van der Waals surface area contributed by atoms with Gasteiger partial charge in [-0.2, -0.15) is 0 Å². The molecule has 0 radical (unpaired) electrons. The van der Waals surface area contributed by atoms with E-state index in [2.05, 4.69) is 10.6 Å². The number of nitrogens with one attached hydrogen (secondary N) is 2. The summed E-state index contributed by atoms with van der Waals surface area (Å²) in [6.07, 6.45) is 4.64. The zero-order valence-electron chi connectivity index (χ0n) is 13.2. The van der Waals surface area contributed by atoms with E-state index in [9.17, 15) is 9.90 Å². The van der Waals surface area contributed by atoms with Gasteiger partial charge in [0.15, 0.2) is 0 Å². The van der Waals surface area contributed by atoms with Crippen LogP contribution in [0.5, 0.6) is 5.75 Å². The van der Waals surface area contributed by atoms with Gasteiger partial charge in [-0.25, -0.2) is 4.79 Å². The summed E-state index contributed by atoms with van der Waals surface area (Å²) in [4.78, 5) is 11.8. The molecular weight excluding hydrogens is 280 g/mol. The molecule has 3 N–H and O–H groups in total. The monoisotopic (exact) mass is 306 g/mol. The SMILES string of the molecule is CC(CNC(=O)NCC1(O)CCCCC1)Oc1ccccc1. The number of carbonyl (C=O) groups excluding carboxylic acids is 1. The number of carbonyl (C=O) groups is 1. The fourth-order valence-electron chi connectivity index (χ4n) is 2.70. The Labute approximate surface area is 132 Å². The molecule has 0 bridgehead atoms. The van der Waals surface area contributed by atoms with Crippen LogP contribution in [-0.2, 0) is 0 Å². The lowest BCUT2D eigenvalue weighted by molar-refractivity contribution is 0.00716. The second-order valence-electron chi connectivity index (χ2n) is 6.09. The summed E-state index contributed by atoms with van der Waals surface area (Å²) in [5.41, 5.74) is -0.734. The molecule has 0 saturated heterocycles. The molecule has 0 heterocycles. The zero-order chi connectivity index (χ0) is 15.8. The van der Waals surface area contributed by atoms with Crippen LogP contribution in [0.3, 0.4) is 0 Å². The predicted molar refractivity (Wildman–Crippen MR) is 86.0 cm³/mol. The standard InChI is InChI=1S/C17H26N2O3/c1-14(22-15-8-4-2-5-9-15)12-18-16(20)19-13-17(21)10-6-3-7-11-17/h2,4-5,8-9,14,21H,3,6-7,10-13H2,1H3,(H2,18,19,20). The number of ether oxygens (including phenoxy) is 1. The highest BCUT2D eigenvalue weighted by atomic mass is 16.5. The summed E-state index contributed by atoms with van der Waals surface area (Å²) < 4.78 is 5.69. The molecule has 1 saturated carbocycles. The molecule has 0 aromatic heterocycles. The Bertz CT molecular complexity index is 458. The molecule has 5 heteroatoms. The van der Waals surface area contributed by atoms with Gasteiger partial charge in [-0.1, -0.05) is 37.5 Å². The Morgan fingerprint density at radius 1 is 1.23 bits per heavy atom. The van der Waals surface area contributed by atoms with Gasteiger partial charge < -0.3 is 20.5 Å². The summed E-state index contributed by atoms with van der Waals surface area (Å²) in [5, 5.41) is 15.9. The van der Waals surface area contributed by atoms with Crippen molar-refractivity contribution < 1.29 is 14.6 Å². The summed E-state index contributed by atoms with van der Waals surface area (Å²) in [6, 6.07) is 9.26. The summed E-state index contributed by atoms with van der Waals surface area (Å²) in [5.74, 6) is 0.786. The first-order valence-corrected chi connectivity index (χ1v) is 8.03. The van der Waals surface area contributed by atoms with Crippen LogP contribution in [-0.4, -0.2) is 35.9 Å². The van der Waals surface area contributed by atoms with E-state index in [1.54, 1.807) is 0 Å². The number of hydrogen-bond acceptors (Lipinski definition) is 3. The van der Waals surface area contributed by atoms with E-state index in [1.807, 2.05) is 37.3 Å². The molecular formula is C17H26N2O3. The third-order valence-electron chi connectivity index (χ3n) is 3.99. The van der Waals surface area contributed by atoms with Gasteiger partial charge in [0.25, 0.3) is 0 Å². The molecule has 1 atom stereocenters. The minimum Gasteiger partial charge on any atom is -0.489 e. The van der Waals surface area contributed by atoms with Crippen LogP contribution in [0.25, 0.3) is 0 Å². The van der Waals surface area contributed by atoms with E-state index in [1.165, 1.54) is 6.42 Å². The largest absolute Gasteiger partial charge is 0.489 e. The van der Waals surface area contributed by atoms with Crippen LogP contribution in [0.15, 0.2) is 30.3 Å². The Hall–Kier alpha value is -1.75. The number of rotatable bonds is 6. The summed E-state index contributed by atoms with van der Waals surface area (Å²) in [6.45, 7) is 2.63. The normalized spacial score (nSPS) is 18.3. The summed E-state index contributed by atoms with van der Waals surface area (Å²) >= 11 is 0. The number of amides is 2. The zero-order valence-corrected chi connectivity index (χ0v) is 13.2. The number of hydrogen-bond donors (Lipinski definition) is 3. The van der Waals surface area contributed by atoms with E-state index in [0.29, 0.717) is 13.1 Å². The van der Waals surface area contributed by atoms with Gasteiger partial charge in [0, 0.05) is 6.54 Å². The molecule has 122 valence electrons. The fraction of sp³-hybridized carbons (Fsp3) is 0.588. The van der Waals surface area contributed by atoms with Crippen molar-refractivity contribution in [2.75, 3.05) is 13.1 Å². The molecule has 1 aromatic carbocycles. The topological polar surface area (TPSA) is 70.6 Å². The lowest BCUT2D eigenvalue weighted by Crippen LogP contribution is -2.48. The van der Waals surface area contributed by atoms with E-state index in [0.717, 1.165) is 31.4 Å². The number of aliphatic hydroxyl groups is 1. The van der Waals surface area contributed by atoms with Gasteiger partial charge in [-0.05, 0) is 31.9 Å². The quantitative estimate of drug-likeness (QED) is 0.756. The maximum atomic E-state index is 11.8. The average Bonchev–Trinajstić information content (AvgIpc) is 2.53. The van der Waals surface area contributed by atoms with E-state index < -0.39 is 5.60 Å². The molecule has 1 aliphatic rings. The minimum atomic E-state index is -0.734. The van der Waals surface area contributed by atoms with Gasteiger partial charge in [0.05, 0.1) is 12.1 Å². The Kier molecular flexibility index (Phi) is 6.07. The highest BCUT2D eigenvalue weighted by Gasteiger charge is 2.29. The first-order chi connectivity index (χ1) is 10.6. The van der Waals surface area contributed by atoms with Crippen molar-refractivity contribution >= 4 is 6.03 Å².